The molecule has 1 spiro atoms. The topological polar surface area (TPSA) is 26.3 Å². The Morgan fingerprint density at radius 1 is 1.00 bits per heavy atom. The highest BCUT2D eigenvalue weighted by atomic mass is 16.5. The number of ketones is 1. The zero-order chi connectivity index (χ0) is 14.4. The Balaban J connectivity index is 1.76. The van der Waals surface area contributed by atoms with Crippen molar-refractivity contribution in [1.29, 1.82) is 0 Å². The first kappa shape index (κ1) is 12.6. The lowest BCUT2D eigenvalue weighted by Gasteiger charge is -2.33. The first-order valence-corrected chi connectivity index (χ1v) is 7.50. The lowest BCUT2D eigenvalue weighted by Crippen LogP contribution is -2.36. The van der Waals surface area contributed by atoms with E-state index in [1.54, 1.807) is 7.11 Å². The Kier molecular flexibility index (Phi) is 2.68. The standard InChI is InChI=1S/C19H18O2/c1-21-16-7-6-13-8-9-19(18(20)17(13)10-16)11-14-4-2-3-5-15(14)12-19/h2-7,10H,8-9,11-12H2,1H3. The van der Waals surface area contributed by atoms with E-state index in [9.17, 15) is 4.79 Å². The Morgan fingerprint density at radius 2 is 1.71 bits per heavy atom. The third-order valence-corrected chi connectivity index (χ3v) is 5.09. The van der Waals surface area contributed by atoms with Crippen molar-refractivity contribution >= 4 is 5.78 Å². The fraction of sp³-hybridized carbons (Fsp3) is 0.316. The number of aryl methyl sites for hydroxylation is 1. The van der Waals surface area contributed by atoms with E-state index in [1.165, 1.54) is 16.7 Å². The molecule has 0 unspecified atom stereocenters. The maximum Gasteiger partial charge on any atom is 0.170 e. The van der Waals surface area contributed by atoms with Crippen LogP contribution in [-0.4, -0.2) is 12.9 Å². The summed E-state index contributed by atoms with van der Waals surface area (Å²) in [6.45, 7) is 0. The molecule has 106 valence electrons. The van der Waals surface area contributed by atoms with Crippen molar-refractivity contribution in [2.45, 2.75) is 25.7 Å². The van der Waals surface area contributed by atoms with E-state index in [-0.39, 0.29) is 5.41 Å². The third-order valence-electron chi connectivity index (χ3n) is 5.09. The molecule has 0 saturated carbocycles. The van der Waals surface area contributed by atoms with Gasteiger partial charge in [-0.1, -0.05) is 30.3 Å². The van der Waals surface area contributed by atoms with Crippen LogP contribution in [0.3, 0.4) is 0 Å². The van der Waals surface area contributed by atoms with Crippen molar-refractivity contribution in [3.63, 3.8) is 0 Å². The van der Waals surface area contributed by atoms with Gasteiger partial charge in [0, 0.05) is 11.0 Å². The van der Waals surface area contributed by atoms with Gasteiger partial charge in [-0.05, 0) is 54.5 Å². The summed E-state index contributed by atoms with van der Waals surface area (Å²) in [6.07, 6.45) is 3.72. The van der Waals surface area contributed by atoms with Gasteiger partial charge in [-0.2, -0.15) is 0 Å². The molecule has 0 aliphatic heterocycles. The second kappa shape index (κ2) is 4.45. The maximum absolute atomic E-state index is 13.1. The summed E-state index contributed by atoms with van der Waals surface area (Å²) in [7, 11) is 1.65. The molecule has 0 saturated heterocycles. The number of carbonyl (C=O) groups excluding carboxylic acids is 1. The molecule has 2 aliphatic carbocycles. The van der Waals surface area contributed by atoms with Crippen LogP contribution in [0.5, 0.6) is 5.75 Å². The van der Waals surface area contributed by atoms with E-state index in [2.05, 4.69) is 24.3 Å². The molecule has 0 heterocycles. The molecule has 0 aromatic heterocycles. The van der Waals surface area contributed by atoms with Gasteiger partial charge in [0.25, 0.3) is 0 Å². The van der Waals surface area contributed by atoms with Crippen LogP contribution < -0.4 is 4.74 Å². The zero-order valence-electron chi connectivity index (χ0n) is 12.2. The predicted octanol–water partition coefficient (Wildman–Crippen LogP) is 3.61. The minimum Gasteiger partial charge on any atom is -0.497 e. The number of hydrogen-bond donors (Lipinski definition) is 0. The van der Waals surface area contributed by atoms with Crippen molar-refractivity contribution in [3.05, 3.63) is 64.7 Å². The van der Waals surface area contributed by atoms with Gasteiger partial charge < -0.3 is 4.74 Å². The average Bonchev–Trinajstić information content (AvgIpc) is 2.90. The summed E-state index contributed by atoms with van der Waals surface area (Å²) >= 11 is 0. The molecule has 2 heteroatoms. The fourth-order valence-corrected chi connectivity index (χ4v) is 3.92. The van der Waals surface area contributed by atoms with Crippen LogP contribution in [0.25, 0.3) is 0 Å². The molecule has 2 aliphatic rings. The average molecular weight is 278 g/mol. The van der Waals surface area contributed by atoms with Crippen molar-refractivity contribution in [1.82, 2.24) is 0 Å². The number of methoxy groups -OCH3 is 1. The molecule has 0 radical (unpaired) electrons. The maximum atomic E-state index is 13.1. The number of benzene rings is 2. The van der Waals surface area contributed by atoms with Gasteiger partial charge in [0.1, 0.15) is 5.75 Å². The minimum absolute atomic E-state index is 0.219. The van der Waals surface area contributed by atoms with Crippen molar-refractivity contribution in [2.24, 2.45) is 5.41 Å². The molecule has 0 bridgehead atoms. The van der Waals surface area contributed by atoms with Gasteiger partial charge in [0.15, 0.2) is 5.78 Å². The van der Waals surface area contributed by atoms with E-state index >= 15 is 0 Å². The van der Waals surface area contributed by atoms with Crippen LogP contribution in [0.4, 0.5) is 0 Å². The minimum atomic E-state index is -0.219. The van der Waals surface area contributed by atoms with Crippen molar-refractivity contribution in [3.8, 4) is 5.75 Å². The summed E-state index contributed by atoms with van der Waals surface area (Å²) in [5.74, 6) is 1.08. The molecule has 0 atom stereocenters. The van der Waals surface area contributed by atoms with Gasteiger partial charge in [-0.25, -0.2) is 0 Å². The van der Waals surface area contributed by atoms with Crippen LogP contribution in [0, 0.1) is 5.41 Å². The fourth-order valence-electron chi connectivity index (χ4n) is 3.92. The second-order valence-electron chi connectivity index (χ2n) is 6.25. The highest BCUT2D eigenvalue weighted by molar-refractivity contribution is 6.04. The summed E-state index contributed by atoms with van der Waals surface area (Å²) in [5, 5.41) is 0. The highest BCUT2D eigenvalue weighted by Gasteiger charge is 2.46. The summed E-state index contributed by atoms with van der Waals surface area (Å²) in [4.78, 5) is 13.1. The quantitative estimate of drug-likeness (QED) is 0.796. The van der Waals surface area contributed by atoms with Gasteiger partial charge in [0.05, 0.1) is 7.11 Å². The number of fused-ring (bicyclic) bond motifs is 2. The molecule has 0 N–H and O–H groups in total. The van der Waals surface area contributed by atoms with Crippen LogP contribution in [0.2, 0.25) is 0 Å². The number of hydrogen-bond acceptors (Lipinski definition) is 2. The molecule has 0 amide bonds. The van der Waals surface area contributed by atoms with Gasteiger partial charge >= 0.3 is 0 Å². The van der Waals surface area contributed by atoms with Crippen molar-refractivity contribution in [2.75, 3.05) is 7.11 Å². The summed E-state index contributed by atoms with van der Waals surface area (Å²) < 4.78 is 5.29. The Bertz CT molecular complexity index is 705. The SMILES string of the molecule is COc1ccc2c(c1)C(=O)C1(CC2)Cc2ccccc2C1. The van der Waals surface area contributed by atoms with Gasteiger partial charge in [0.2, 0.25) is 0 Å². The van der Waals surface area contributed by atoms with Crippen LogP contribution in [0.15, 0.2) is 42.5 Å². The van der Waals surface area contributed by atoms with E-state index in [0.29, 0.717) is 5.78 Å². The van der Waals surface area contributed by atoms with E-state index < -0.39 is 0 Å². The Morgan fingerprint density at radius 3 is 2.38 bits per heavy atom. The predicted molar refractivity (Wildman–Crippen MR) is 81.9 cm³/mol. The molecule has 0 fully saturated rings. The number of rotatable bonds is 1. The first-order chi connectivity index (χ1) is 10.2. The monoisotopic (exact) mass is 278 g/mol. The largest absolute Gasteiger partial charge is 0.497 e. The normalized spacial score (nSPS) is 18.4. The van der Waals surface area contributed by atoms with Crippen LogP contribution in [0.1, 0.15) is 33.5 Å². The Hall–Kier alpha value is -2.09. The van der Waals surface area contributed by atoms with Gasteiger partial charge in [-0.15, -0.1) is 0 Å². The molecule has 4 rings (SSSR count). The van der Waals surface area contributed by atoms with Crippen molar-refractivity contribution < 1.29 is 9.53 Å². The van der Waals surface area contributed by atoms with Crippen LogP contribution in [-0.2, 0) is 19.3 Å². The van der Waals surface area contributed by atoms with E-state index in [1.807, 2.05) is 18.2 Å². The molecular formula is C19H18O2. The third kappa shape index (κ3) is 1.82. The molecule has 2 aromatic carbocycles. The Labute approximate surface area is 124 Å². The lowest BCUT2D eigenvalue weighted by atomic mass is 9.68. The first-order valence-electron chi connectivity index (χ1n) is 7.50. The molecule has 21 heavy (non-hydrogen) atoms. The number of ether oxygens (including phenoxy) is 1. The van der Waals surface area contributed by atoms with E-state index in [4.69, 9.17) is 4.74 Å². The molecular weight excluding hydrogens is 260 g/mol. The van der Waals surface area contributed by atoms with E-state index in [0.717, 1.165) is 37.0 Å². The smallest absolute Gasteiger partial charge is 0.170 e. The lowest BCUT2D eigenvalue weighted by molar-refractivity contribution is 0.0770. The summed E-state index contributed by atoms with van der Waals surface area (Å²) in [6, 6.07) is 14.4. The molecule has 2 nitrogen and oxygen atoms in total. The second-order valence-corrected chi connectivity index (χ2v) is 6.25. The zero-order valence-corrected chi connectivity index (χ0v) is 12.2. The number of Topliss-reactive ketones (excluding diaryl/α,β-unsaturated/α-hetero) is 1. The number of carbonyl (C=O) groups is 1. The van der Waals surface area contributed by atoms with Gasteiger partial charge in [-0.3, -0.25) is 4.79 Å². The summed E-state index contributed by atoms with van der Waals surface area (Å²) in [5.41, 5.74) is 4.51. The highest BCUT2D eigenvalue weighted by Crippen LogP contribution is 2.46. The van der Waals surface area contributed by atoms with Crippen LogP contribution >= 0.6 is 0 Å². The molecule has 2 aromatic rings.